The minimum absolute atomic E-state index is 0.0197. The zero-order valence-corrected chi connectivity index (χ0v) is 13.4. The SMILES string of the molecule is N#Cc1cccc(Oc2ncc(Cl)cc2F)c1-n1cc(C(F)(F)F)cn1. The summed E-state index contributed by atoms with van der Waals surface area (Å²) in [7, 11) is 0. The molecule has 0 spiro atoms. The molecule has 0 unspecified atom stereocenters. The Labute approximate surface area is 149 Å². The van der Waals surface area contributed by atoms with E-state index < -0.39 is 23.4 Å². The van der Waals surface area contributed by atoms with Gasteiger partial charge >= 0.3 is 6.18 Å². The van der Waals surface area contributed by atoms with Crippen LogP contribution in [0, 0.1) is 17.1 Å². The van der Waals surface area contributed by atoms with E-state index in [1.807, 2.05) is 6.07 Å². The van der Waals surface area contributed by atoms with Gasteiger partial charge in [0.1, 0.15) is 11.8 Å². The molecule has 0 radical (unpaired) electrons. The van der Waals surface area contributed by atoms with E-state index in [0.29, 0.717) is 12.4 Å². The largest absolute Gasteiger partial charge is 0.434 e. The Morgan fingerprint density at radius 2 is 2.00 bits per heavy atom. The smallest absolute Gasteiger partial charge is 0.419 e. The highest BCUT2D eigenvalue weighted by Gasteiger charge is 2.32. The quantitative estimate of drug-likeness (QED) is 0.614. The molecule has 3 aromatic rings. The molecule has 0 atom stereocenters. The summed E-state index contributed by atoms with van der Waals surface area (Å²) in [4.78, 5) is 3.69. The number of rotatable bonds is 3. The second-order valence-electron chi connectivity index (χ2n) is 4.98. The van der Waals surface area contributed by atoms with Gasteiger partial charge < -0.3 is 4.74 Å². The minimum Gasteiger partial charge on any atom is -0.434 e. The number of ether oxygens (including phenoxy) is 1. The highest BCUT2D eigenvalue weighted by Crippen LogP contribution is 2.34. The minimum atomic E-state index is -4.61. The molecule has 0 aliphatic heterocycles. The van der Waals surface area contributed by atoms with E-state index in [4.69, 9.17) is 16.3 Å². The monoisotopic (exact) mass is 382 g/mol. The van der Waals surface area contributed by atoms with Gasteiger partial charge in [0.15, 0.2) is 11.6 Å². The molecule has 0 N–H and O–H groups in total. The summed E-state index contributed by atoms with van der Waals surface area (Å²) in [5.74, 6) is -1.43. The van der Waals surface area contributed by atoms with E-state index in [9.17, 15) is 22.8 Å². The molecule has 10 heteroatoms. The second kappa shape index (κ2) is 6.65. The Balaban J connectivity index is 2.10. The Morgan fingerprint density at radius 3 is 2.62 bits per heavy atom. The summed E-state index contributed by atoms with van der Waals surface area (Å²) in [6.07, 6.45) is -2.15. The average molecular weight is 383 g/mol. The van der Waals surface area contributed by atoms with Crippen LogP contribution in [0.15, 0.2) is 42.9 Å². The van der Waals surface area contributed by atoms with Crippen molar-refractivity contribution in [3.8, 4) is 23.4 Å². The highest BCUT2D eigenvalue weighted by atomic mass is 35.5. The lowest BCUT2D eigenvalue weighted by Gasteiger charge is -2.12. The van der Waals surface area contributed by atoms with E-state index in [1.54, 1.807) is 0 Å². The molecule has 0 bridgehead atoms. The molecule has 0 amide bonds. The number of hydrogen-bond acceptors (Lipinski definition) is 4. The van der Waals surface area contributed by atoms with Crippen molar-refractivity contribution >= 4 is 11.6 Å². The Morgan fingerprint density at radius 1 is 1.23 bits per heavy atom. The molecule has 5 nitrogen and oxygen atoms in total. The first-order valence-corrected chi connectivity index (χ1v) is 7.31. The zero-order chi connectivity index (χ0) is 18.9. The molecule has 0 fully saturated rings. The van der Waals surface area contributed by atoms with Gasteiger partial charge in [-0.1, -0.05) is 17.7 Å². The van der Waals surface area contributed by atoms with E-state index in [1.165, 1.54) is 18.2 Å². The lowest BCUT2D eigenvalue weighted by molar-refractivity contribution is -0.137. The van der Waals surface area contributed by atoms with Crippen molar-refractivity contribution in [2.75, 3.05) is 0 Å². The van der Waals surface area contributed by atoms with Crippen LogP contribution in [-0.2, 0) is 6.18 Å². The second-order valence-corrected chi connectivity index (χ2v) is 5.41. The molecule has 0 saturated heterocycles. The standard InChI is InChI=1S/C16H7ClF4N4O/c17-11-4-12(18)15(23-7-11)26-13-3-1-2-9(5-22)14(13)25-8-10(6-24-25)16(19,20)21/h1-4,6-8H. The van der Waals surface area contributed by atoms with Gasteiger partial charge in [0.25, 0.3) is 5.88 Å². The number of aromatic nitrogens is 3. The van der Waals surface area contributed by atoms with Crippen LogP contribution in [0.2, 0.25) is 5.02 Å². The first-order chi connectivity index (χ1) is 12.3. The number of nitrogens with zero attached hydrogens (tertiary/aromatic N) is 4. The Kier molecular flexibility index (Phi) is 4.52. The van der Waals surface area contributed by atoms with Crippen LogP contribution in [0.5, 0.6) is 11.6 Å². The fourth-order valence-electron chi connectivity index (χ4n) is 2.10. The summed E-state index contributed by atoms with van der Waals surface area (Å²) < 4.78 is 58.5. The molecule has 1 aromatic carbocycles. The van der Waals surface area contributed by atoms with Crippen LogP contribution in [0.1, 0.15) is 11.1 Å². The lowest BCUT2D eigenvalue weighted by Crippen LogP contribution is -2.04. The number of hydrogen-bond donors (Lipinski definition) is 0. The van der Waals surface area contributed by atoms with E-state index in [-0.39, 0.29) is 22.0 Å². The number of halogens is 5. The summed E-state index contributed by atoms with van der Waals surface area (Å²) in [5.41, 5.74) is -1.11. The molecule has 26 heavy (non-hydrogen) atoms. The van der Waals surface area contributed by atoms with Gasteiger partial charge in [-0.25, -0.2) is 14.1 Å². The molecule has 2 aromatic heterocycles. The first kappa shape index (κ1) is 17.7. The highest BCUT2D eigenvalue weighted by molar-refractivity contribution is 6.30. The Bertz CT molecular complexity index is 1010. The van der Waals surface area contributed by atoms with Crippen molar-refractivity contribution in [3.63, 3.8) is 0 Å². The molecular weight excluding hydrogens is 376 g/mol. The van der Waals surface area contributed by atoms with Crippen molar-refractivity contribution in [2.24, 2.45) is 0 Å². The lowest BCUT2D eigenvalue weighted by atomic mass is 10.2. The van der Waals surface area contributed by atoms with Crippen molar-refractivity contribution in [1.29, 1.82) is 5.26 Å². The van der Waals surface area contributed by atoms with Crippen LogP contribution < -0.4 is 4.74 Å². The number of para-hydroxylation sites is 1. The van der Waals surface area contributed by atoms with Crippen LogP contribution in [0.3, 0.4) is 0 Å². The fourth-order valence-corrected chi connectivity index (χ4v) is 2.25. The molecular formula is C16H7ClF4N4O. The van der Waals surface area contributed by atoms with Gasteiger partial charge in [0, 0.05) is 12.4 Å². The van der Waals surface area contributed by atoms with Gasteiger partial charge in [-0.15, -0.1) is 0 Å². The first-order valence-electron chi connectivity index (χ1n) is 6.94. The number of nitriles is 1. The summed E-state index contributed by atoms with van der Waals surface area (Å²) >= 11 is 5.62. The van der Waals surface area contributed by atoms with Crippen LogP contribution in [0.4, 0.5) is 17.6 Å². The number of benzene rings is 1. The Hall–Kier alpha value is -3.12. The van der Waals surface area contributed by atoms with Gasteiger partial charge in [0.05, 0.1) is 22.3 Å². The molecule has 0 aliphatic rings. The third-order valence-corrected chi connectivity index (χ3v) is 3.45. The summed E-state index contributed by atoms with van der Waals surface area (Å²) in [5, 5.41) is 12.9. The molecule has 0 aliphatic carbocycles. The topological polar surface area (TPSA) is 63.7 Å². The van der Waals surface area contributed by atoms with Gasteiger partial charge in [-0.05, 0) is 18.2 Å². The summed E-state index contributed by atoms with van der Waals surface area (Å²) in [6.45, 7) is 0. The third kappa shape index (κ3) is 3.45. The predicted molar refractivity (Wildman–Crippen MR) is 82.6 cm³/mol. The van der Waals surface area contributed by atoms with Crippen molar-refractivity contribution in [1.82, 2.24) is 14.8 Å². The van der Waals surface area contributed by atoms with E-state index >= 15 is 0 Å². The van der Waals surface area contributed by atoms with Crippen molar-refractivity contribution in [3.05, 3.63) is 64.8 Å². The maximum Gasteiger partial charge on any atom is 0.419 e. The van der Waals surface area contributed by atoms with Crippen molar-refractivity contribution in [2.45, 2.75) is 6.18 Å². The molecule has 0 saturated carbocycles. The van der Waals surface area contributed by atoms with Crippen LogP contribution in [0.25, 0.3) is 5.69 Å². The molecule has 3 rings (SSSR count). The normalized spacial score (nSPS) is 11.2. The van der Waals surface area contributed by atoms with E-state index in [2.05, 4.69) is 10.1 Å². The van der Waals surface area contributed by atoms with Crippen molar-refractivity contribution < 1.29 is 22.3 Å². The van der Waals surface area contributed by atoms with Gasteiger partial charge in [0.2, 0.25) is 0 Å². The molecule has 132 valence electrons. The maximum atomic E-state index is 13.9. The number of alkyl halides is 3. The van der Waals surface area contributed by atoms with Crippen LogP contribution >= 0.6 is 11.6 Å². The average Bonchev–Trinajstić information content (AvgIpc) is 3.07. The summed E-state index contributed by atoms with van der Waals surface area (Å²) in [6, 6.07) is 6.94. The van der Waals surface area contributed by atoms with Gasteiger partial charge in [-0.3, -0.25) is 0 Å². The fraction of sp³-hybridized carbons (Fsp3) is 0.0625. The van der Waals surface area contributed by atoms with Crippen LogP contribution in [-0.4, -0.2) is 14.8 Å². The predicted octanol–water partition coefficient (Wildman–Crippen LogP) is 4.74. The molecule has 2 heterocycles. The zero-order valence-electron chi connectivity index (χ0n) is 12.6. The van der Waals surface area contributed by atoms with E-state index in [0.717, 1.165) is 16.9 Å². The van der Waals surface area contributed by atoms with Gasteiger partial charge in [-0.2, -0.15) is 23.5 Å². The number of pyridine rings is 1. The maximum absolute atomic E-state index is 13.9. The third-order valence-electron chi connectivity index (χ3n) is 3.24.